The Kier molecular flexibility index (Phi) is 5.76. The van der Waals surface area contributed by atoms with Crippen molar-refractivity contribution in [3.63, 3.8) is 0 Å². The van der Waals surface area contributed by atoms with Crippen LogP contribution in [0.3, 0.4) is 0 Å². The highest BCUT2D eigenvalue weighted by atomic mass is 16.7. The van der Waals surface area contributed by atoms with Crippen LogP contribution in [0.5, 0.6) is 0 Å². The molecule has 1 aromatic carbocycles. The van der Waals surface area contributed by atoms with Gasteiger partial charge < -0.3 is 14.2 Å². The van der Waals surface area contributed by atoms with Crippen molar-refractivity contribution in [2.24, 2.45) is 11.8 Å². The third-order valence-electron chi connectivity index (χ3n) is 4.31. The molecule has 0 amide bonds. The van der Waals surface area contributed by atoms with Crippen molar-refractivity contribution in [1.29, 1.82) is 0 Å². The number of carbonyl (C=O) groups is 1. The monoisotopic (exact) mass is 292 g/mol. The maximum Gasteiger partial charge on any atom is 0.305 e. The van der Waals surface area contributed by atoms with Crippen LogP contribution in [0.15, 0.2) is 30.3 Å². The van der Waals surface area contributed by atoms with Gasteiger partial charge in [-0.25, -0.2) is 0 Å². The maximum atomic E-state index is 11.6. The summed E-state index contributed by atoms with van der Waals surface area (Å²) in [7, 11) is 3.07. The van der Waals surface area contributed by atoms with Gasteiger partial charge in [0.05, 0.1) is 19.6 Å². The lowest BCUT2D eigenvalue weighted by molar-refractivity contribution is -0.142. The second kappa shape index (κ2) is 7.57. The lowest BCUT2D eigenvalue weighted by Gasteiger charge is -2.19. The highest BCUT2D eigenvalue weighted by molar-refractivity contribution is 5.69. The number of esters is 1. The van der Waals surface area contributed by atoms with E-state index < -0.39 is 0 Å². The van der Waals surface area contributed by atoms with Crippen molar-refractivity contribution in [2.45, 2.75) is 38.6 Å². The zero-order valence-corrected chi connectivity index (χ0v) is 13.0. The van der Waals surface area contributed by atoms with Gasteiger partial charge in [-0.05, 0) is 18.4 Å². The van der Waals surface area contributed by atoms with Crippen LogP contribution in [0.25, 0.3) is 0 Å². The Morgan fingerprint density at radius 1 is 1.24 bits per heavy atom. The van der Waals surface area contributed by atoms with Crippen LogP contribution in [0.2, 0.25) is 0 Å². The Labute approximate surface area is 126 Å². The van der Waals surface area contributed by atoms with Crippen molar-refractivity contribution in [3.05, 3.63) is 35.9 Å². The average Bonchev–Trinajstić information content (AvgIpc) is 2.82. The minimum Gasteiger partial charge on any atom is -0.469 e. The Balaban J connectivity index is 1.99. The van der Waals surface area contributed by atoms with Crippen molar-refractivity contribution in [2.75, 3.05) is 14.2 Å². The second-order valence-electron chi connectivity index (χ2n) is 5.61. The topological polar surface area (TPSA) is 44.8 Å². The first-order valence-corrected chi connectivity index (χ1v) is 7.44. The molecule has 116 valence electrons. The molecular weight excluding hydrogens is 268 g/mol. The molecule has 0 aromatic heterocycles. The fourth-order valence-electron chi connectivity index (χ4n) is 3.04. The molecule has 1 aliphatic heterocycles. The summed E-state index contributed by atoms with van der Waals surface area (Å²) in [5.74, 6) is 0.151. The molecule has 1 heterocycles. The maximum absolute atomic E-state index is 11.6. The number of benzene rings is 1. The number of hydrogen-bond donors (Lipinski definition) is 0. The zero-order valence-electron chi connectivity index (χ0n) is 13.0. The molecule has 4 atom stereocenters. The van der Waals surface area contributed by atoms with Crippen LogP contribution in [0.1, 0.15) is 25.3 Å². The van der Waals surface area contributed by atoms with E-state index in [-0.39, 0.29) is 30.2 Å². The summed E-state index contributed by atoms with van der Waals surface area (Å²) >= 11 is 0. The van der Waals surface area contributed by atoms with Crippen molar-refractivity contribution in [3.8, 4) is 0 Å². The fraction of sp³-hybridized carbons (Fsp3) is 0.588. The molecule has 0 bridgehead atoms. The van der Waals surface area contributed by atoms with Gasteiger partial charge in [0.2, 0.25) is 0 Å². The normalized spacial score (nSPS) is 28.5. The van der Waals surface area contributed by atoms with Crippen LogP contribution >= 0.6 is 0 Å². The van der Waals surface area contributed by atoms with Gasteiger partial charge in [0.15, 0.2) is 6.29 Å². The lowest BCUT2D eigenvalue weighted by Crippen LogP contribution is -2.24. The van der Waals surface area contributed by atoms with Gasteiger partial charge in [-0.2, -0.15) is 0 Å². The lowest BCUT2D eigenvalue weighted by atomic mass is 9.86. The van der Waals surface area contributed by atoms with E-state index in [1.165, 1.54) is 12.7 Å². The first-order valence-electron chi connectivity index (χ1n) is 7.44. The summed E-state index contributed by atoms with van der Waals surface area (Å²) in [5.41, 5.74) is 1.28. The van der Waals surface area contributed by atoms with E-state index in [1.54, 1.807) is 7.11 Å². The van der Waals surface area contributed by atoms with Crippen LogP contribution in [0, 0.1) is 11.8 Å². The Hall–Kier alpha value is -1.39. The molecule has 1 saturated heterocycles. The molecule has 1 fully saturated rings. The summed E-state index contributed by atoms with van der Waals surface area (Å²) in [6.07, 6.45) is 2.00. The molecule has 0 unspecified atom stereocenters. The quantitative estimate of drug-likeness (QED) is 0.756. The number of aryl methyl sites for hydroxylation is 1. The highest BCUT2D eigenvalue weighted by Gasteiger charge is 2.42. The summed E-state index contributed by atoms with van der Waals surface area (Å²) in [6, 6.07) is 10.3. The number of rotatable bonds is 6. The van der Waals surface area contributed by atoms with E-state index in [4.69, 9.17) is 14.2 Å². The van der Waals surface area contributed by atoms with Crippen LogP contribution < -0.4 is 0 Å². The SMILES string of the molecule is COC(=O)C[C@H]1[C@H](C)[C@@H](OC)O[C@H]1CCc1ccccc1. The van der Waals surface area contributed by atoms with Crippen LogP contribution in [-0.2, 0) is 25.4 Å². The second-order valence-corrected chi connectivity index (χ2v) is 5.61. The van der Waals surface area contributed by atoms with Gasteiger partial charge >= 0.3 is 5.97 Å². The third-order valence-corrected chi connectivity index (χ3v) is 4.31. The van der Waals surface area contributed by atoms with E-state index in [2.05, 4.69) is 19.1 Å². The Morgan fingerprint density at radius 2 is 1.95 bits per heavy atom. The predicted octanol–water partition coefficient (Wildman–Crippen LogP) is 2.81. The molecule has 1 aromatic rings. The Bertz CT molecular complexity index is 445. The standard InChI is InChI=1S/C17H24O4/c1-12-14(11-16(18)19-2)15(21-17(12)20-3)10-9-13-7-5-4-6-8-13/h4-8,12,14-15,17H,9-11H2,1-3H3/t12-,14-,15-,17-/m0/s1. The van der Waals surface area contributed by atoms with Crippen molar-refractivity contribution < 1.29 is 19.0 Å². The molecular formula is C17H24O4. The van der Waals surface area contributed by atoms with Gasteiger partial charge in [0.25, 0.3) is 0 Å². The average molecular weight is 292 g/mol. The van der Waals surface area contributed by atoms with Gasteiger partial charge in [-0.15, -0.1) is 0 Å². The summed E-state index contributed by atoms with van der Waals surface area (Å²) in [5, 5.41) is 0. The molecule has 0 radical (unpaired) electrons. The van der Waals surface area contributed by atoms with Gasteiger partial charge in [-0.3, -0.25) is 4.79 Å². The minimum atomic E-state index is -0.236. The predicted molar refractivity (Wildman–Crippen MR) is 79.7 cm³/mol. The molecule has 2 rings (SSSR count). The van der Waals surface area contributed by atoms with Crippen molar-refractivity contribution >= 4 is 5.97 Å². The summed E-state index contributed by atoms with van der Waals surface area (Å²) in [6.45, 7) is 2.07. The van der Waals surface area contributed by atoms with Gasteiger partial charge in [-0.1, -0.05) is 37.3 Å². The molecule has 0 aliphatic carbocycles. The number of methoxy groups -OCH3 is 2. The van der Waals surface area contributed by atoms with Gasteiger partial charge in [0.1, 0.15) is 0 Å². The number of carbonyl (C=O) groups excluding carboxylic acids is 1. The highest BCUT2D eigenvalue weighted by Crippen LogP contribution is 2.37. The van der Waals surface area contributed by atoms with E-state index >= 15 is 0 Å². The summed E-state index contributed by atoms with van der Waals surface area (Å²) < 4.78 is 16.2. The third kappa shape index (κ3) is 4.05. The van der Waals surface area contributed by atoms with E-state index in [0.29, 0.717) is 6.42 Å². The molecule has 4 nitrogen and oxygen atoms in total. The van der Waals surface area contributed by atoms with Crippen molar-refractivity contribution in [1.82, 2.24) is 0 Å². The van der Waals surface area contributed by atoms with E-state index in [0.717, 1.165) is 12.8 Å². The first-order chi connectivity index (χ1) is 10.2. The minimum absolute atomic E-state index is 0.0317. The largest absolute Gasteiger partial charge is 0.469 e. The number of ether oxygens (including phenoxy) is 3. The first kappa shape index (κ1) is 16.0. The van der Waals surface area contributed by atoms with E-state index in [9.17, 15) is 4.79 Å². The van der Waals surface area contributed by atoms with Crippen LogP contribution in [-0.4, -0.2) is 32.6 Å². The molecule has 21 heavy (non-hydrogen) atoms. The van der Waals surface area contributed by atoms with Crippen LogP contribution in [0.4, 0.5) is 0 Å². The van der Waals surface area contributed by atoms with E-state index in [1.807, 2.05) is 18.2 Å². The molecule has 0 N–H and O–H groups in total. The van der Waals surface area contributed by atoms with Gasteiger partial charge in [0, 0.05) is 18.9 Å². The fourth-order valence-corrected chi connectivity index (χ4v) is 3.04. The molecule has 0 saturated carbocycles. The molecule has 0 spiro atoms. The number of hydrogen-bond acceptors (Lipinski definition) is 4. The zero-order chi connectivity index (χ0) is 15.2. The molecule has 1 aliphatic rings. The Morgan fingerprint density at radius 3 is 2.57 bits per heavy atom. The summed E-state index contributed by atoms with van der Waals surface area (Å²) in [4.78, 5) is 11.6. The smallest absolute Gasteiger partial charge is 0.305 e. The molecule has 4 heteroatoms.